The molecule has 0 fully saturated rings. The van der Waals surface area contributed by atoms with Crippen LogP contribution in [0.3, 0.4) is 0 Å². The minimum Gasteiger partial charge on any atom is -0.384 e. The Morgan fingerprint density at radius 1 is 0.812 bits per heavy atom. The molecule has 0 atom stereocenters. The van der Waals surface area contributed by atoms with Crippen molar-refractivity contribution in [2.24, 2.45) is 5.73 Å². The summed E-state index contributed by atoms with van der Waals surface area (Å²) in [6.07, 6.45) is 0. The van der Waals surface area contributed by atoms with Gasteiger partial charge in [0.25, 0.3) is 0 Å². The first-order valence-electron chi connectivity index (χ1n) is 9.45. The molecular formula is C22H21N5O4S. The lowest BCUT2D eigenvalue weighted by atomic mass is 10.2. The Kier molecular flexibility index (Phi) is 6.98. The van der Waals surface area contributed by atoms with Gasteiger partial charge in [0, 0.05) is 23.5 Å². The zero-order valence-electron chi connectivity index (χ0n) is 16.8. The van der Waals surface area contributed by atoms with E-state index in [2.05, 4.69) is 15.4 Å². The van der Waals surface area contributed by atoms with E-state index < -0.39 is 21.8 Å². The van der Waals surface area contributed by atoms with Crippen molar-refractivity contribution in [2.45, 2.75) is 11.4 Å². The van der Waals surface area contributed by atoms with Crippen LogP contribution in [0.1, 0.15) is 11.1 Å². The number of rotatable bonds is 7. The van der Waals surface area contributed by atoms with Crippen LogP contribution in [0.5, 0.6) is 0 Å². The van der Waals surface area contributed by atoms with Crippen LogP contribution in [0.25, 0.3) is 0 Å². The van der Waals surface area contributed by atoms with E-state index in [1.54, 1.807) is 18.2 Å². The summed E-state index contributed by atoms with van der Waals surface area (Å²) in [6, 6.07) is 20.7. The molecule has 3 aromatic carbocycles. The number of sulfonamides is 1. The van der Waals surface area contributed by atoms with Gasteiger partial charge in [-0.2, -0.15) is 0 Å². The van der Waals surface area contributed by atoms with Gasteiger partial charge in [0.15, 0.2) is 0 Å². The van der Waals surface area contributed by atoms with Gasteiger partial charge >= 0.3 is 11.8 Å². The molecule has 32 heavy (non-hydrogen) atoms. The monoisotopic (exact) mass is 451 g/mol. The summed E-state index contributed by atoms with van der Waals surface area (Å²) < 4.78 is 27.4. The smallest absolute Gasteiger partial charge is 0.314 e. The Hall–Kier alpha value is -4.02. The minimum atomic E-state index is -3.74. The number of amidine groups is 1. The SMILES string of the molecule is N=C(N)c1cccc(NC(=O)C(=O)Nc2ccc(S(=O)(=O)NCc3ccccc3)cc2)c1. The second-order valence-corrected chi connectivity index (χ2v) is 8.50. The molecule has 2 amide bonds. The van der Waals surface area contributed by atoms with Gasteiger partial charge in [-0.05, 0) is 42.0 Å². The molecule has 164 valence electrons. The molecule has 0 aliphatic carbocycles. The summed E-state index contributed by atoms with van der Waals surface area (Å²) in [5.41, 5.74) is 7.20. The van der Waals surface area contributed by atoms with Crippen molar-refractivity contribution in [2.75, 3.05) is 10.6 Å². The molecule has 0 spiro atoms. The standard InChI is InChI=1S/C22H21N5O4S/c23-20(24)16-7-4-8-18(13-16)27-22(29)21(28)26-17-9-11-19(12-10-17)32(30,31)25-14-15-5-2-1-3-6-15/h1-13,25H,14H2,(H3,23,24)(H,26,28)(H,27,29). The van der Waals surface area contributed by atoms with Gasteiger partial charge in [-0.3, -0.25) is 15.0 Å². The van der Waals surface area contributed by atoms with Gasteiger partial charge in [0.1, 0.15) is 5.84 Å². The van der Waals surface area contributed by atoms with Gasteiger partial charge in [-0.15, -0.1) is 0 Å². The highest BCUT2D eigenvalue weighted by Gasteiger charge is 2.17. The Bertz CT molecular complexity index is 1240. The highest BCUT2D eigenvalue weighted by Crippen LogP contribution is 2.15. The molecule has 10 heteroatoms. The van der Waals surface area contributed by atoms with E-state index >= 15 is 0 Å². The van der Waals surface area contributed by atoms with Gasteiger partial charge in [0.2, 0.25) is 10.0 Å². The third-order valence-electron chi connectivity index (χ3n) is 4.37. The number of anilines is 2. The maximum Gasteiger partial charge on any atom is 0.314 e. The molecule has 0 aliphatic rings. The summed E-state index contributed by atoms with van der Waals surface area (Å²) in [4.78, 5) is 24.3. The van der Waals surface area contributed by atoms with Crippen molar-refractivity contribution in [3.63, 3.8) is 0 Å². The number of nitrogens with one attached hydrogen (secondary N) is 4. The number of hydrogen-bond acceptors (Lipinski definition) is 5. The topological polar surface area (TPSA) is 154 Å². The molecule has 0 bridgehead atoms. The maximum atomic E-state index is 12.4. The van der Waals surface area contributed by atoms with Gasteiger partial charge in [-0.1, -0.05) is 42.5 Å². The van der Waals surface area contributed by atoms with Crippen LogP contribution in [-0.4, -0.2) is 26.1 Å². The number of hydrogen-bond donors (Lipinski definition) is 5. The second-order valence-electron chi connectivity index (χ2n) is 6.74. The summed E-state index contributed by atoms with van der Waals surface area (Å²) >= 11 is 0. The summed E-state index contributed by atoms with van der Waals surface area (Å²) in [6.45, 7) is 0.145. The van der Waals surface area contributed by atoms with Crippen LogP contribution >= 0.6 is 0 Å². The van der Waals surface area contributed by atoms with Crippen molar-refractivity contribution in [3.05, 3.63) is 90.0 Å². The second kappa shape index (κ2) is 9.86. The quantitative estimate of drug-likeness (QED) is 0.211. The lowest BCUT2D eigenvalue weighted by Crippen LogP contribution is -2.29. The fourth-order valence-corrected chi connectivity index (χ4v) is 3.73. The minimum absolute atomic E-state index is 0.0249. The van der Waals surface area contributed by atoms with Crippen molar-refractivity contribution in [1.29, 1.82) is 5.41 Å². The molecule has 0 aromatic heterocycles. The first-order chi connectivity index (χ1) is 15.2. The molecule has 0 aliphatic heterocycles. The Morgan fingerprint density at radius 3 is 2.06 bits per heavy atom. The predicted molar refractivity (Wildman–Crippen MR) is 122 cm³/mol. The number of carbonyl (C=O) groups is 2. The van der Waals surface area contributed by atoms with Crippen molar-refractivity contribution in [3.8, 4) is 0 Å². The van der Waals surface area contributed by atoms with Gasteiger partial charge in [0.05, 0.1) is 4.90 Å². The van der Waals surface area contributed by atoms with Crippen LogP contribution in [0, 0.1) is 5.41 Å². The molecule has 3 aromatic rings. The van der Waals surface area contributed by atoms with Gasteiger partial charge < -0.3 is 16.4 Å². The fraction of sp³-hybridized carbons (Fsp3) is 0.0455. The average Bonchev–Trinajstić information content (AvgIpc) is 2.79. The number of benzene rings is 3. The zero-order valence-corrected chi connectivity index (χ0v) is 17.6. The molecular weight excluding hydrogens is 430 g/mol. The van der Waals surface area contributed by atoms with Crippen molar-refractivity contribution >= 4 is 39.0 Å². The highest BCUT2D eigenvalue weighted by molar-refractivity contribution is 7.89. The molecule has 0 saturated heterocycles. The number of nitrogen functional groups attached to an aromatic ring is 1. The Morgan fingerprint density at radius 2 is 1.44 bits per heavy atom. The Balaban J connectivity index is 1.59. The molecule has 0 heterocycles. The zero-order chi connectivity index (χ0) is 23.1. The molecule has 0 radical (unpaired) electrons. The first-order valence-corrected chi connectivity index (χ1v) is 10.9. The van der Waals surface area contributed by atoms with E-state index in [4.69, 9.17) is 11.1 Å². The largest absolute Gasteiger partial charge is 0.384 e. The number of amides is 2. The average molecular weight is 452 g/mol. The van der Waals surface area contributed by atoms with Crippen LogP contribution in [0.4, 0.5) is 11.4 Å². The third-order valence-corrected chi connectivity index (χ3v) is 5.79. The van der Waals surface area contributed by atoms with E-state index in [0.29, 0.717) is 11.3 Å². The first kappa shape index (κ1) is 22.7. The number of nitrogens with two attached hydrogens (primary N) is 1. The summed E-state index contributed by atoms with van der Waals surface area (Å²) in [7, 11) is -3.74. The van der Waals surface area contributed by atoms with Crippen molar-refractivity contribution < 1.29 is 18.0 Å². The van der Waals surface area contributed by atoms with E-state index in [1.807, 2.05) is 30.3 Å². The normalized spacial score (nSPS) is 10.9. The predicted octanol–water partition coefficient (Wildman–Crippen LogP) is 2.03. The van der Waals surface area contributed by atoms with Crippen LogP contribution < -0.4 is 21.1 Å². The molecule has 6 N–H and O–H groups in total. The fourth-order valence-electron chi connectivity index (χ4n) is 2.72. The maximum absolute atomic E-state index is 12.4. The van der Waals surface area contributed by atoms with Gasteiger partial charge in [-0.25, -0.2) is 13.1 Å². The van der Waals surface area contributed by atoms with E-state index in [-0.39, 0.29) is 23.0 Å². The summed E-state index contributed by atoms with van der Waals surface area (Å²) in [5, 5.41) is 12.2. The molecule has 0 saturated carbocycles. The lowest BCUT2D eigenvalue weighted by Gasteiger charge is -2.09. The highest BCUT2D eigenvalue weighted by atomic mass is 32.2. The van der Waals surface area contributed by atoms with Crippen LogP contribution in [0.2, 0.25) is 0 Å². The van der Waals surface area contributed by atoms with E-state index in [0.717, 1.165) is 5.56 Å². The van der Waals surface area contributed by atoms with E-state index in [1.165, 1.54) is 30.3 Å². The lowest BCUT2D eigenvalue weighted by molar-refractivity contribution is -0.132. The molecule has 3 rings (SSSR count). The van der Waals surface area contributed by atoms with Crippen LogP contribution in [-0.2, 0) is 26.2 Å². The van der Waals surface area contributed by atoms with Crippen molar-refractivity contribution in [1.82, 2.24) is 4.72 Å². The Labute approximate surface area is 185 Å². The number of carbonyl (C=O) groups excluding carboxylic acids is 2. The molecule has 9 nitrogen and oxygen atoms in total. The third kappa shape index (κ3) is 6.00. The van der Waals surface area contributed by atoms with E-state index in [9.17, 15) is 18.0 Å². The molecule has 0 unspecified atom stereocenters. The summed E-state index contributed by atoms with van der Waals surface area (Å²) in [5.74, 6) is -2.03. The van der Waals surface area contributed by atoms with Crippen LogP contribution in [0.15, 0.2) is 83.8 Å².